The first kappa shape index (κ1) is 7.35. The smallest absolute Gasteiger partial charge is 0.0104 e. The van der Waals surface area contributed by atoms with Crippen molar-refractivity contribution < 1.29 is 0 Å². The monoisotopic (exact) mass is 166 g/mol. The van der Waals surface area contributed by atoms with Crippen LogP contribution in [0, 0.1) is 0 Å². The van der Waals surface area contributed by atoms with Gasteiger partial charge in [0, 0.05) is 10.3 Å². The van der Waals surface area contributed by atoms with Gasteiger partial charge in [0.1, 0.15) is 0 Å². The van der Waals surface area contributed by atoms with E-state index in [1.54, 1.807) is 4.88 Å². The molecule has 1 saturated carbocycles. The lowest BCUT2D eigenvalue weighted by Crippen LogP contribution is -2.14. The fourth-order valence-electron chi connectivity index (χ4n) is 2.02. The average Bonchev–Trinajstić information content (AvgIpc) is 2.55. The van der Waals surface area contributed by atoms with Crippen LogP contribution in [0.4, 0.5) is 0 Å². The lowest BCUT2D eigenvalue weighted by molar-refractivity contribution is 0.502. The zero-order chi connectivity index (χ0) is 7.73. The van der Waals surface area contributed by atoms with E-state index in [2.05, 4.69) is 24.4 Å². The molecule has 0 amide bonds. The summed E-state index contributed by atoms with van der Waals surface area (Å²) in [5.41, 5.74) is 0.536. The minimum absolute atomic E-state index is 0.536. The number of hydrogen-bond acceptors (Lipinski definition) is 1. The molecule has 2 rings (SSSR count). The molecule has 1 aliphatic rings. The van der Waals surface area contributed by atoms with E-state index in [9.17, 15) is 0 Å². The van der Waals surface area contributed by atoms with Crippen molar-refractivity contribution in [1.29, 1.82) is 0 Å². The first-order valence-electron chi connectivity index (χ1n) is 4.35. The van der Waals surface area contributed by atoms with Crippen molar-refractivity contribution in [3.8, 4) is 0 Å². The van der Waals surface area contributed by atoms with Gasteiger partial charge in [-0.2, -0.15) is 0 Å². The zero-order valence-corrected chi connectivity index (χ0v) is 7.79. The minimum atomic E-state index is 0.536. The predicted octanol–water partition coefficient (Wildman–Crippen LogP) is 3.58. The van der Waals surface area contributed by atoms with E-state index in [4.69, 9.17) is 0 Å². The lowest BCUT2D eigenvalue weighted by atomic mass is 9.87. The van der Waals surface area contributed by atoms with Crippen LogP contribution < -0.4 is 0 Å². The summed E-state index contributed by atoms with van der Waals surface area (Å²) in [6, 6.07) is 4.46. The Kier molecular flexibility index (Phi) is 1.76. The van der Waals surface area contributed by atoms with Crippen LogP contribution in [0.5, 0.6) is 0 Å². The van der Waals surface area contributed by atoms with Crippen molar-refractivity contribution in [3.05, 3.63) is 22.4 Å². The van der Waals surface area contributed by atoms with E-state index in [-0.39, 0.29) is 0 Å². The molecule has 60 valence electrons. The van der Waals surface area contributed by atoms with Gasteiger partial charge < -0.3 is 0 Å². The van der Waals surface area contributed by atoms with Gasteiger partial charge in [-0.25, -0.2) is 0 Å². The fourth-order valence-corrected chi connectivity index (χ4v) is 2.97. The van der Waals surface area contributed by atoms with Crippen molar-refractivity contribution in [2.75, 3.05) is 0 Å². The van der Waals surface area contributed by atoms with Gasteiger partial charge in [-0.1, -0.05) is 25.8 Å². The molecule has 1 fully saturated rings. The Morgan fingerprint density at radius 3 is 2.64 bits per heavy atom. The Hall–Kier alpha value is -0.300. The molecule has 0 nitrogen and oxygen atoms in total. The average molecular weight is 166 g/mol. The van der Waals surface area contributed by atoms with E-state index in [1.165, 1.54) is 25.7 Å². The van der Waals surface area contributed by atoms with E-state index in [0.29, 0.717) is 5.41 Å². The predicted molar refractivity (Wildman–Crippen MR) is 50.1 cm³/mol. The quantitative estimate of drug-likeness (QED) is 0.598. The summed E-state index contributed by atoms with van der Waals surface area (Å²) in [5.74, 6) is 0. The number of thiophene rings is 1. The molecule has 1 aliphatic carbocycles. The van der Waals surface area contributed by atoms with Gasteiger partial charge in [0.05, 0.1) is 0 Å². The van der Waals surface area contributed by atoms with Gasteiger partial charge >= 0.3 is 0 Å². The highest BCUT2D eigenvalue weighted by Gasteiger charge is 2.30. The number of hydrogen-bond donors (Lipinski definition) is 0. The zero-order valence-electron chi connectivity index (χ0n) is 6.97. The van der Waals surface area contributed by atoms with Crippen molar-refractivity contribution in [1.82, 2.24) is 0 Å². The molecule has 1 heterocycles. The molecule has 0 N–H and O–H groups in total. The first-order valence-corrected chi connectivity index (χ1v) is 5.23. The molecule has 0 unspecified atom stereocenters. The van der Waals surface area contributed by atoms with Gasteiger partial charge in [0.25, 0.3) is 0 Å². The minimum Gasteiger partial charge on any atom is -0.148 e. The molecule has 0 aromatic carbocycles. The highest BCUT2D eigenvalue weighted by Crippen LogP contribution is 2.42. The molecule has 0 radical (unpaired) electrons. The molecule has 0 bridgehead atoms. The van der Waals surface area contributed by atoms with Crippen LogP contribution in [0.15, 0.2) is 17.5 Å². The summed E-state index contributed by atoms with van der Waals surface area (Å²) in [6.07, 6.45) is 5.64. The second-order valence-electron chi connectivity index (χ2n) is 3.75. The Morgan fingerprint density at radius 2 is 2.09 bits per heavy atom. The normalized spacial score (nSPS) is 22.3. The molecule has 0 atom stereocenters. The van der Waals surface area contributed by atoms with Crippen molar-refractivity contribution in [3.63, 3.8) is 0 Å². The molecular weight excluding hydrogens is 152 g/mol. The van der Waals surface area contributed by atoms with E-state index in [1.807, 2.05) is 11.3 Å². The van der Waals surface area contributed by atoms with Gasteiger partial charge in [-0.05, 0) is 24.3 Å². The highest BCUT2D eigenvalue weighted by molar-refractivity contribution is 7.10. The van der Waals surface area contributed by atoms with Gasteiger partial charge in [-0.15, -0.1) is 11.3 Å². The Morgan fingerprint density at radius 1 is 1.36 bits per heavy atom. The molecule has 0 saturated heterocycles. The molecule has 1 heteroatoms. The second-order valence-corrected chi connectivity index (χ2v) is 4.69. The molecule has 1 aromatic rings. The fraction of sp³-hybridized carbons (Fsp3) is 0.600. The van der Waals surface area contributed by atoms with Crippen molar-refractivity contribution >= 4 is 11.3 Å². The van der Waals surface area contributed by atoms with Crippen molar-refractivity contribution in [2.45, 2.75) is 38.0 Å². The van der Waals surface area contributed by atoms with Crippen LogP contribution in [-0.4, -0.2) is 0 Å². The van der Waals surface area contributed by atoms with Crippen LogP contribution in [0.25, 0.3) is 0 Å². The largest absolute Gasteiger partial charge is 0.148 e. The Bertz CT molecular complexity index is 217. The van der Waals surface area contributed by atoms with Crippen LogP contribution in [0.2, 0.25) is 0 Å². The van der Waals surface area contributed by atoms with E-state index in [0.717, 1.165) is 0 Å². The SMILES string of the molecule is CC1(c2cccs2)CCCC1. The standard InChI is InChI=1S/C10H14S/c1-10(6-2-3-7-10)9-5-4-8-11-9/h4-5,8H,2-3,6-7H2,1H3. The third-order valence-corrected chi connectivity index (χ3v) is 4.00. The van der Waals surface area contributed by atoms with Gasteiger partial charge in [0.15, 0.2) is 0 Å². The second kappa shape index (κ2) is 2.63. The molecule has 11 heavy (non-hydrogen) atoms. The van der Waals surface area contributed by atoms with E-state index < -0.39 is 0 Å². The summed E-state index contributed by atoms with van der Waals surface area (Å²) in [4.78, 5) is 1.59. The van der Waals surface area contributed by atoms with Crippen LogP contribution >= 0.6 is 11.3 Å². The first-order chi connectivity index (χ1) is 5.31. The molecular formula is C10H14S. The van der Waals surface area contributed by atoms with E-state index >= 15 is 0 Å². The summed E-state index contributed by atoms with van der Waals surface area (Å²) in [7, 11) is 0. The maximum Gasteiger partial charge on any atom is 0.0104 e. The molecule has 0 spiro atoms. The topological polar surface area (TPSA) is 0 Å². The lowest BCUT2D eigenvalue weighted by Gasteiger charge is -2.21. The Labute approximate surface area is 72.3 Å². The molecule has 1 aromatic heterocycles. The third kappa shape index (κ3) is 1.22. The molecule has 0 aliphatic heterocycles. The number of rotatable bonds is 1. The maximum atomic E-state index is 2.41. The summed E-state index contributed by atoms with van der Waals surface area (Å²) >= 11 is 1.92. The van der Waals surface area contributed by atoms with Gasteiger partial charge in [-0.3, -0.25) is 0 Å². The van der Waals surface area contributed by atoms with Crippen LogP contribution in [0.1, 0.15) is 37.5 Å². The van der Waals surface area contributed by atoms with Gasteiger partial charge in [0.2, 0.25) is 0 Å². The summed E-state index contributed by atoms with van der Waals surface area (Å²) in [6.45, 7) is 2.41. The maximum absolute atomic E-state index is 2.41. The third-order valence-electron chi connectivity index (χ3n) is 2.82. The summed E-state index contributed by atoms with van der Waals surface area (Å²) in [5, 5.41) is 2.19. The highest BCUT2D eigenvalue weighted by atomic mass is 32.1. The van der Waals surface area contributed by atoms with Crippen molar-refractivity contribution in [2.24, 2.45) is 0 Å². The Balaban J connectivity index is 2.27. The summed E-state index contributed by atoms with van der Waals surface area (Å²) < 4.78 is 0. The van der Waals surface area contributed by atoms with Crippen LogP contribution in [-0.2, 0) is 5.41 Å². The van der Waals surface area contributed by atoms with Crippen LogP contribution in [0.3, 0.4) is 0 Å².